The van der Waals surface area contributed by atoms with Crippen molar-refractivity contribution in [2.45, 2.75) is 50.8 Å². The smallest absolute Gasteiger partial charge is 0.315 e. The number of nitrogens with zero attached hydrogens (tertiary/aromatic N) is 1. The van der Waals surface area contributed by atoms with Crippen molar-refractivity contribution in [1.29, 1.82) is 0 Å². The Kier molecular flexibility index (Phi) is 3.81. The van der Waals surface area contributed by atoms with Crippen molar-refractivity contribution in [1.82, 2.24) is 15.2 Å². The van der Waals surface area contributed by atoms with Crippen LogP contribution < -0.4 is 10.6 Å². The number of rotatable bonds is 3. The normalized spacial score (nSPS) is 31.0. The monoisotopic (exact) mass is 337 g/mol. The summed E-state index contributed by atoms with van der Waals surface area (Å²) in [5, 5.41) is 6.91. The fourth-order valence-electron chi connectivity index (χ4n) is 5.01. The Labute approximate surface area is 141 Å². The minimum absolute atomic E-state index is 0.0797. The first-order valence-corrected chi connectivity index (χ1v) is 8.95. The molecule has 3 aliphatic rings. The second-order valence-corrected chi connectivity index (χ2v) is 7.69. The fourth-order valence-corrected chi connectivity index (χ4v) is 5.28. The summed E-state index contributed by atoms with van der Waals surface area (Å²) in [6.07, 6.45) is 8.19. The predicted octanol–water partition coefficient (Wildman–Crippen LogP) is 2.83. The number of urea groups is 1. The van der Waals surface area contributed by atoms with E-state index in [4.69, 9.17) is 16.3 Å². The predicted molar refractivity (Wildman–Crippen MR) is 88.3 cm³/mol. The van der Waals surface area contributed by atoms with Gasteiger partial charge in [0.15, 0.2) is 0 Å². The summed E-state index contributed by atoms with van der Waals surface area (Å²) in [5.41, 5.74) is 1.20. The van der Waals surface area contributed by atoms with Crippen molar-refractivity contribution in [3.8, 4) is 0 Å². The van der Waals surface area contributed by atoms with Crippen molar-refractivity contribution in [2.75, 3.05) is 6.61 Å². The molecule has 1 saturated heterocycles. The Morgan fingerprint density at radius 2 is 2.26 bits per heavy atom. The lowest BCUT2D eigenvalue weighted by Gasteiger charge is -2.56. The van der Waals surface area contributed by atoms with Crippen LogP contribution >= 0.6 is 11.6 Å². The molecule has 3 fully saturated rings. The van der Waals surface area contributed by atoms with Crippen LogP contribution in [0.25, 0.3) is 0 Å². The fraction of sp³-hybridized carbons (Fsp3) is 0.706. The van der Waals surface area contributed by atoms with E-state index in [1.165, 1.54) is 25.7 Å². The number of hydrogen-bond donors (Lipinski definition) is 2. The molecule has 2 saturated carbocycles. The molecule has 1 aliphatic heterocycles. The molecule has 5 nitrogen and oxygen atoms in total. The van der Waals surface area contributed by atoms with Gasteiger partial charge in [-0.05, 0) is 25.3 Å². The van der Waals surface area contributed by atoms with Crippen molar-refractivity contribution in [2.24, 2.45) is 18.4 Å². The molecule has 2 aliphatic carbocycles. The van der Waals surface area contributed by atoms with E-state index in [-0.39, 0.29) is 17.5 Å². The Bertz CT molecular complexity index is 609. The molecule has 0 bridgehead atoms. The van der Waals surface area contributed by atoms with Crippen LogP contribution in [0.15, 0.2) is 12.3 Å². The van der Waals surface area contributed by atoms with Gasteiger partial charge in [-0.25, -0.2) is 4.79 Å². The van der Waals surface area contributed by atoms with E-state index in [0.29, 0.717) is 23.6 Å². The summed E-state index contributed by atoms with van der Waals surface area (Å²) in [5.74, 6) is 0.503. The summed E-state index contributed by atoms with van der Waals surface area (Å²) in [4.78, 5) is 12.4. The third-order valence-electron chi connectivity index (χ3n) is 6.08. The molecule has 0 aromatic carbocycles. The highest BCUT2D eigenvalue weighted by molar-refractivity contribution is 6.30. The molecular weight excluding hydrogens is 314 g/mol. The average molecular weight is 338 g/mol. The first-order valence-electron chi connectivity index (χ1n) is 8.57. The number of hydrogen-bond acceptors (Lipinski definition) is 2. The summed E-state index contributed by atoms with van der Waals surface area (Å²) in [6.45, 7) is 1.33. The zero-order valence-electron chi connectivity index (χ0n) is 13.5. The van der Waals surface area contributed by atoms with Crippen LogP contribution in [0.5, 0.6) is 0 Å². The molecular formula is C17H24ClN3O2. The van der Waals surface area contributed by atoms with Crippen LogP contribution in [0.1, 0.15) is 37.8 Å². The molecule has 2 amide bonds. The summed E-state index contributed by atoms with van der Waals surface area (Å²) in [6, 6.07) is 2.07. The number of aromatic nitrogens is 1. The van der Waals surface area contributed by atoms with Gasteiger partial charge in [-0.15, -0.1) is 0 Å². The van der Waals surface area contributed by atoms with Crippen molar-refractivity contribution < 1.29 is 9.53 Å². The first kappa shape index (κ1) is 15.3. The lowest BCUT2D eigenvalue weighted by molar-refractivity contribution is -0.126. The first-order chi connectivity index (χ1) is 11.1. The van der Waals surface area contributed by atoms with E-state index in [2.05, 4.69) is 10.6 Å². The summed E-state index contributed by atoms with van der Waals surface area (Å²) < 4.78 is 7.90. The second kappa shape index (κ2) is 5.71. The van der Waals surface area contributed by atoms with E-state index in [0.717, 1.165) is 18.7 Å². The van der Waals surface area contributed by atoms with Crippen LogP contribution in [-0.4, -0.2) is 29.4 Å². The van der Waals surface area contributed by atoms with Crippen LogP contribution in [0.3, 0.4) is 0 Å². The van der Waals surface area contributed by atoms with Gasteiger partial charge in [0.2, 0.25) is 0 Å². The van der Waals surface area contributed by atoms with Crippen molar-refractivity contribution in [3.63, 3.8) is 0 Å². The van der Waals surface area contributed by atoms with Crippen molar-refractivity contribution in [3.05, 3.63) is 23.0 Å². The Morgan fingerprint density at radius 3 is 2.96 bits per heavy atom. The quantitative estimate of drug-likeness (QED) is 0.891. The highest BCUT2D eigenvalue weighted by Gasteiger charge is 2.65. The van der Waals surface area contributed by atoms with Gasteiger partial charge in [0.25, 0.3) is 0 Å². The second-order valence-electron chi connectivity index (χ2n) is 7.25. The molecule has 0 radical (unpaired) electrons. The number of amides is 2. The molecule has 1 spiro atoms. The number of aryl methyl sites for hydroxylation is 1. The SMILES string of the molecule is Cn1cc(Cl)cc1CNC(=O)N[C@@H]1[C@@H]2CCO[C@@H]2C12CCCC2. The Hall–Kier alpha value is -1.20. The van der Waals surface area contributed by atoms with Gasteiger partial charge >= 0.3 is 6.03 Å². The third kappa shape index (κ3) is 2.45. The van der Waals surface area contributed by atoms with Crippen LogP contribution in [-0.2, 0) is 18.3 Å². The molecule has 1 aromatic heterocycles. The molecule has 6 heteroatoms. The zero-order valence-corrected chi connectivity index (χ0v) is 14.2. The van der Waals surface area contributed by atoms with E-state index in [1.807, 2.05) is 23.9 Å². The molecule has 4 rings (SSSR count). The lowest BCUT2D eigenvalue weighted by Crippen LogP contribution is -2.69. The van der Waals surface area contributed by atoms with E-state index >= 15 is 0 Å². The molecule has 126 valence electrons. The van der Waals surface area contributed by atoms with E-state index in [1.54, 1.807) is 0 Å². The average Bonchev–Trinajstić information content (AvgIpc) is 3.21. The van der Waals surface area contributed by atoms with Gasteiger partial charge in [0.05, 0.1) is 17.7 Å². The lowest BCUT2D eigenvalue weighted by atomic mass is 9.54. The summed E-state index contributed by atoms with van der Waals surface area (Å²) >= 11 is 5.98. The number of nitrogens with one attached hydrogen (secondary N) is 2. The van der Waals surface area contributed by atoms with Gasteiger partial charge in [0.1, 0.15) is 0 Å². The van der Waals surface area contributed by atoms with Gasteiger partial charge in [-0.2, -0.15) is 0 Å². The van der Waals surface area contributed by atoms with Gasteiger partial charge in [0, 0.05) is 42.9 Å². The largest absolute Gasteiger partial charge is 0.377 e. The molecule has 1 aromatic rings. The van der Waals surface area contributed by atoms with E-state index < -0.39 is 0 Å². The molecule has 2 heterocycles. The zero-order chi connectivity index (χ0) is 16.0. The number of fused-ring (bicyclic) bond motifs is 2. The minimum atomic E-state index is -0.0797. The van der Waals surface area contributed by atoms with Crippen LogP contribution in [0.4, 0.5) is 4.79 Å². The van der Waals surface area contributed by atoms with Crippen LogP contribution in [0, 0.1) is 11.3 Å². The Balaban J connectivity index is 1.37. The van der Waals surface area contributed by atoms with Crippen molar-refractivity contribution >= 4 is 17.6 Å². The van der Waals surface area contributed by atoms with Gasteiger partial charge in [-0.3, -0.25) is 0 Å². The maximum Gasteiger partial charge on any atom is 0.315 e. The topological polar surface area (TPSA) is 55.3 Å². The number of carbonyl (C=O) groups excluding carboxylic acids is 1. The summed E-state index contributed by atoms with van der Waals surface area (Å²) in [7, 11) is 1.93. The van der Waals surface area contributed by atoms with Crippen LogP contribution in [0.2, 0.25) is 5.02 Å². The Morgan fingerprint density at radius 1 is 1.48 bits per heavy atom. The molecule has 0 unspecified atom stereocenters. The standard InChI is InChI=1S/C17H24ClN3O2/c1-21-10-11(18)8-12(21)9-19-16(22)20-14-13-4-7-23-15(13)17(14)5-2-3-6-17/h8,10,13-15H,2-7,9H2,1H3,(H2,19,20,22)/t13-,14+,15-/m0/s1. The maximum atomic E-state index is 12.4. The maximum absolute atomic E-state index is 12.4. The number of carbonyl (C=O) groups is 1. The van der Waals surface area contributed by atoms with Gasteiger partial charge < -0.3 is 19.9 Å². The molecule has 2 N–H and O–H groups in total. The number of ether oxygens (including phenoxy) is 1. The van der Waals surface area contributed by atoms with E-state index in [9.17, 15) is 4.79 Å². The number of halogens is 1. The third-order valence-corrected chi connectivity index (χ3v) is 6.28. The minimum Gasteiger partial charge on any atom is -0.377 e. The molecule has 3 atom stereocenters. The molecule has 23 heavy (non-hydrogen) atoms. The highest BCUT2D eigenvalue weighted by Crippen LogP contribution is 2.60. The highest BCUT2D eigenvalue weighted by atomic mass is 35.5. The van der Waals surface area contributed by atoms with Gasteiger partial charge in [-0.1, -0.05) is 24.4 Å².